The summed E-state index contributed by atoms with van der Waals surface area (Å²) in [6.07, 6.45) is 2.50. The maximum absolute atomic E-state index is 12.7. The second-order valence-corrected chi connectivity index (χ2v) is 7.08. The van der Waals surface area contributed by atoms with Gasteiger partial charge in [0.25, 0.3) is 5.91 Å². The minimum absolute atomic E-state index is 0.0981. The molecule has 6 heteroatoms. The van der Waals surface area contributed by atoms with E-state index in [1.54, 1.807) is 29.3 Å². The quantitative estimate of drug-likeness (QED) is 0.519. The number of aryl methyl sites for hydroxylation is 2. The predicted molar refractivity (Wildman–Crippen MR) is 108 cm³/mol. The lowest BCUT2D eigenvalue weighted by Gasteiger charge is -2.13. The Morgan fingerprint density at radius 3 is 2.39 bits per heavy atom. The molecule has 2 heterocycles. The fourth-order valence-corrected chi connectivity index (χ4v) is 3.66. The van der Waals surface area contributed by atoms with Gasteiger partial charge in [-0.05, 0) is 35.8 Å². The monoisotopic (exact) mass is 375 g/mol. The Morgan fingerprint density at radius 2 is 1.64 bits per heavy atom. The van der Waals surface area contributed by atoms with Gasteiger partial charge in [0, 0.05) is 26.2 Å². The summed E-state index contributed by atoms with van der Waals surface area (Å²) in [7, 11) is 3.45. The lowest BCUT2D eigenvalue weighted by Crippen LogP contribution is -2.31. The van der Waals surface area contributed by atoms with Crippen LogP contribution in [0.15, 0.2) is 58.9 Å². The molecule has 1 aromatic heterocycles. The van der Waals surface area contributed by atoms with E-state index in [1.165, 1.54) is 4.90 Å². The molecule has 2 amide bonds. The van der Waals surface area contributed by atoms with Gasteiger partial charge >= 0.3 is 5.69 Å². The van der Waals surface area contributed by atoms with Crippen molar-refractivity contribution >= 4 is 28.9 Å². The Hall–Kier alpha value is -3.41. The van der Waals surface area contributed by atoms with Crippen LogP contribution in [0.1, 0.15) is 17.5 Å². The van der Waals surface area contributed by atoms with Crippen LogP contribution in [0.3, 0.4) is 0 Å². The zero-order chi connectivity index (χ0) is 19.8. The van der Waals surface area contributed by atoms with E-state index in [2.05, 4.69) is 0 Å². The van der Waals surface area contributed by atoms with Gasteiger partial charge < -0.3 is 0 Å². The summed E-state index contributed by atoms with van der Waals surface area (Å²) >= 11 is 0. The highest BCUT2D eigenvalue weighted by Gasteiger charge is 2.33. The van der Waals surface area contributed by atoms with Gasteiger partial charge in [-0.1, -0.05) is 36.4 Å². The maximum Gasteiger partial charge on any atom is 0.328 e. The highest BCUT2D eigenvalue weighted by Crippen LogP contribution is 2.23. The molecular weight excluding hydrogens is 354 g/mol. The number of rotatable bonds is 4. The lowest BCUT2D eigenvalue weighted by atomic mass is 10.1. The maximum atomic E-state index is 12.7. The van der Waals surface area contributed by atoms with E-state index < -0.39 is 0 Å². The molecule has 0 bridgehead atoms. The number of aromatic nitrogens is 2. The van der Waals surface area contributed by atoms with Gasteiger partial charge in [0.15, 0.2) is 0 Å². The Morgan fingerprint density at radius 1 is 0.929 bits per heavy atom. The topological polar surface area (TPSA) is 64.3 Å². The highest BCUT2D eigenvalue weighted by molar-refractivity contribution is 6.15. The molecule has 0 radical (unpaired) electrons. The summed E-state index contributed by atoms with van der Waals surface area (Å²) in [5.74, 6) is -0.400. The third-order valence-electron chi connectivity index (χ3n) is 5.27. The van der Waals surface area contributed by atoms with Crippen molar-refractivity contribution in [3.63, 3.8) is 0 Å². The first-order valence-corrected chi connectivity index (χ1v) is 9.20. The van der Waals surface area contributed by atoms with E-state index in [0.717, 1.165) is 22.2 Å². The van der Waals surface area contributed by atoms with Crippen LogP contribution in [0.25, 0.3) is 17.1 Å². The van der Waals surface area contributed by atoms with Crippen molar-refractivity contribution in [2.45, 2.75) is 12.8 Å². The molecular formula is C22H21N3O3. The molecule has 142 valence electrons. The molecule has 2 aromatic carbocycles. The van der Waals surface area contributed by atoms with Crippen LogP contribution in [0.5, 0.6) is 0 Å². The molecule has 0 atom stereocenters. The van der Waals surface area contributed by atoms with Crippen molar-refractivity contribution in [3.8, 4) is 0 Å². The Balaban J connectivity index is 1.57. The third kappa shape index (κ3) is 3.07. The molecule has 0 aliphatic carbocycles. The molecule has 0 spiro atoms. The first kappa shape index (κ1) is 18.0. The number of imide groups is 1. The Bertz CT molecular complexity index is 1170. The van der Waals surface area contributed by atoms with Crippen molar-refractivity contribution in [1.82, 2.24) is 14.0 Å². The van der Waals surface area contributed by atoms with Crippen LogP contribution in [0, 0.1) is 0 Å². The number of amides is 2. The molecule has 1 aliphatic rings. The third-order valence-corrected chi connectivity index (χ3v) is 5.27. The number of imidazole rings is 1. The van der Waals surface area contributed by atoms with Crippen LogP contribution < -0.4 is 5.69 Å². The van der Waals surface area contributed by atoms with Crippen molar-refractivity contribution in [2.24, 2.45) is 14.1 Å². The average Bonchev–Trinajstić information content (AvgIpc) is 3.09. The standard InChI is InChI=1S/C22H21N3O3/c1-23-18-9-8-16(13-19(18)24(2)22(23)28)12-17-14-20(26)25(21(17)27)11-10-15-6-4-3-5-7-15/h3-9,12-13H,10-11,14H2,1-2H3. The molecule has 28 heavy (non-hydrogen) atoms. The number of likely N-dealkylation sites (tertiary alicyclic amines) is 1. The molecule has 3 aromatic rings. The number of carbonyl (C=O) groups excluding carboxylic acids is 2. The zero-order valence-electron chi connectivity index (χ0n) is 15.9. The van der Waals surface area contributed by atoms with E-state index in [1.807, 2.05) is 48.5 Å². The van der Waals surface area contributed by atoms with Crippen molar-refractivity contribution in [1.29, 1.82) is 0 Å². The van der Waals surface area contributed by atoms with Gasteiger partial charge in [-0.25, -0.2) is 4.79 Å². The van der Waals surface area contributed by atoms with Gasteiger partial charge in [-0.15, -0.1) is 0 Å². The number of hydrogen-bond donors (Lipinski definition) is 0. The minimum atomic E-state index is -0.233. The molecule has 1 saturated heterocycles. The SMILES string of the molecule is Cn1c(=O)n(C)c2cc(C=C3CC(=O)N(CCc4ccccc4)C3=O)ccc21. The molecule has 1 aliphatic heterocycles. The fourth-order valence-electron chi connectivity index (χ4n) is 3.66. The second kappa shape index (κ2) is 6.96. The second-order valence-electron chi connectivity index (χ2n) is 7.08. The van der Waals surface area contributed by atoms with Crippen LogP contribution in [-0.2, 0) is 30.1 Å². The minimum Gasteiger partial charge on any atom is -0.295 e. The fraction of sp³-hybridized carbons (Fsp3) is 0.227. The first-order valence-electron chi connectivity index (χ1n) is 9.20. The number of carbonyl (C=O) groups is 2. The smallest absolute Gasteiger partial charge is 0.295 e. The zero-order valence-corrected chi connectivity index (χ0v) is 15.9. The van der Waals surface area contributed by atoms with E-state index in [-0.39, 0.29) is 23.9 Å². The molecule has 0 saturated carbocycles. The van der Waals surface area contributed by atoms with E-state index >= 15 is 0 Å². The van der Waals surface area contributed by atoms with Gasteiger partial charge in [-0.2, -0.15) is 0 Å². The molecule has 1 fully saturated rings. The molecule has 4 rings (SSSR count). The Labute approximate surface area is 162 Å². The summed E-state index contributed by atoms with van der Waals surface area (Å²) in [6.45, 7) is 0.380. The summed E-state index contributed by atoms with van der Waals surface area (Å²) < 4.78 is 3.16. The number of benzene rings is 2. The van der Waals surface area contributed by atoms with Crippen LogP contribution in [0.4, 0.5) is 0 Å². The van der Waals surface area contributed by atoms with Gasteiger partial charge in [-0.3, -0.25) is 23.6 Å². The van der Waals surface area contributed by atoms with Crippen LogP contribution >= 0.6 is 0 Å². The number of nitrogens with zero attached hydrogens (tertiary/aromatic N) is 3. The normalized spacial score (nSPS) is 15.9. The van der Waals surface area contributed by atoms with Crippen LogP contribution in [0.2, 0.25) is 0 Å². The molecule has 0 unspecified atom stereocenters. The predicted octanol–water partition coefficient (Wildman–Crippen LogP) is 2.26. The van der Waals surface area contributed by atoms with Gasteiger partial charge in [0.2, 0.25) is 5.91 Å². The van der Waals surface area contributed by atoms with E-state index in [9.17, 15) is 14.4 Å². The highest BCUT2D eigenvalue weighted by atomic mass is 16.2. The van der Waals surface area contributed by atoms with E-state index in [0.29, 0.717) is 18.5 Å². The largest absolute Gasteiger partial charge is 0.328 e. The van der Waals surface area contributed by atoms with Crippen molar-refractivity contribution in [2.75, 3.05) is 6.54 Å². The summed E-state index contributed by atoms with van der Waals surface area (Å²) in [4.78, 5) is 38.4. The number of fused-ring (bicyclic) bond motifs is 1. The average molecular weight is 375 g/mol. The Kier molecular flexibility index (Phi) is 4.47. The van der Waals surface area contributed by atoms with Crippen molar-refractivity contribution in [3.05, 3.63) is 75.7 Å². The molecule has 0 N–H and O–H groups in total. The van der Waals surface area contributed by atoms with E-state index in [4.69, 9.17) is 0 Å². The molecule has 6 nitrogen and oxygen atoms in total. The summed E-state index contributed by atoms with van der Waals surface area (Å²) in [6, 6.07) is 15.4. The lowest BCUT2D eigenvalue weighted by molar-refractivity contribution is -0.137. The number of hydrogen-bond acceptors (Lipinski definition) is 3. The summed E-state index contributed by atoms with van der Waals surface area (Å²) in [5.41, 5.74) is 3.90. The van der Waals surface area contributed by atoms with Gasteiger partial charge in [0.1, 0.15) is 0 Å². The van der Waals surface area contributed by atoms with Crippen molar-refractivity contribution < 1.29 is 9.59 Å². The van der Waals surface area contributed by atoms with Gasteiger partial charge in [0.05, 0.1) is 17.5 Å². The summed E-state index contributed by atoms with van der Waals surface area (Å²) in [5, 5.41) is 0. The first-order chi connectivity index (χ1) is 13.5. The van der Waals surface area contributed by atoms with Crippen LogP contribution in [-0.4, -0.2) is 32.4 Å².